The van der Waals surface area contributed by atoms with Crippen LogP contribution in [0, 0.1) is 11.2 Å². The molecule has 0 aliphatic carbocycles. The van der Waals surface area contributed by atoms with Crippen molar-refractivity contribution in [3.8, 4) is 0 Å². The SMILES string of the molecule is CC(C)(CO)CNc1cc(Cl)ccc1F. The van der Waals surface area contributed by atoms with Crippen LogP contribution in [-0.4, -0.2) is 18.3 Å². The highest BCUT2D eigenvalue weighted by atomic mass is 35.5. The molecule has 0 aliphatic rings. The first kappa shape index (κ1) is 12.3. The summed E-state index contributed by atoms with van der Waals surface area (Å²) in [5, 5.41) is 12.4. The summed E-state index contributed by atoms with van der Waals surface area (Å²) in [6.45, 7) is 4.31. The molecule has 1 rings (SSSR count). The van der Waals surface area contributed by atoms with E-state index in [2.05, 4.69) is 5.32 Å². The van der Waals surface area contributed by atoms with Crippen molar-refractivity contribution in [2.45, 2.75) is 13.8 Å². The molecular weight excluding hydrogens is 217 g/mol. The Labute approximate surface area is 94.1 Å². The Bertz CT molecular complexity index is 341. The van der Waals surface area contributed by atoms with Crippen LogP contribution in [0.3, 0.4) is 0 Å². The van der Waals surface area contributed by atoms with Gasteiger partial charge in [0, 0.05) is 23.6 Å². The number of aliphatic hydroxyl groups is 1. The normalized spacial score (nSPS) is 11.5. The first-order valence-corrected chi connectivity index (χ1v) is 5.12. The Kier molecular flexibility index (Phi) is 3.94. The second-order valence-electron chi connectivity index (χ2n) is 4.30. The molecule has 0 amide bonds. The van der Waals surface area contributed by atoms with Gasteiger partial charge in [-0.2, -0.15) is 0 Å². The molecular formula is C11H15ClFNO. The average molecular weight is 232 g/mol. The van der Waals surface area contributed by atoms with Crippen molar-refractivity contribution in [1.29, 1.82) is 0 Å². The van der Waals surface area contributed by atoms with E-state index < -0.39 is 0 Å². The highest BCUT2D eigenvalue weighted by Crippen LogP contribution is 2.21. The van der Waals surface area contributed by atoms with Crippen molar-refractivity contribution < 1.29 is 9.50 Å². The summed E-state index contributed by atoms with van der Waals surface area (Å²) in [6.07, 6.45) is 0. The number of aliphatic hydroxyl groups excluding tert-OH is 1. The minimum Gasteiger partial charge on any atom is -0.396 e. The molecule has 1 aromatic carbocycles. The third kappa shape index (κ3) is 3.68. The molecule has 0 fully saturated rings. The van der Waals surface area contributed by atoms with Crippen LogP contribution in [0.2, 0.25) is 5.02 Å². The van der Waals surface area contributed by atoms with E-state index in [9.17, 15) is 4.39 Å². The third-order valence-corrected chi connectivity index (χ3v) is 2.35. The lowest BCUT2D eigenvalue weighted by atomic mass is 9.95. The van der Waals surface area contributed by atoms with E-state index in [1.165, 1.54) is 18.2 Å². The predicted octanol–water partition coefficient (Wildman–Crippen LogP) is 2.91. The Morgan fingerprint density at radius 3 is 2.73 bits per heavy atom. The van der Waals surface area contributed by atoms with Gasteiger partial charge in [-0.1, -0.05) is 25.4 Å². The first-order chi connectivity index (χ1) is 6.94. The van der Waals surface area contributed by atoms with E-state index in [0.717, 1.165) is 0 Å². The van der Waals surface area contributed by atoms with Crippen molar-refractivity contribution in [3.63, 3.8) is 0 Å². The Hall–Kier alpha value is -0.800. The van der Waals surface area contributed by atoms with Gasteiger partial charge in [-0.25, -0.2) is 4.39 Å². The number of hydrogen-bond acceptors (Lipinski definition) is 2. The van der Waals surface area contributed by atoms with Crippen molar-refractivity contribution in [2.24, 2.45) is 5.41 Å². The molecule has 2 nitrogen and oxygen atoms in total. The molecule has 0 atom stereocenters. The van der Waals surface area contributed by atoms with Gasteiger partial charge in [-0.05, 0) is 18.2 Å². The van der Waals surface area contributed by atoms with Gasteiger partial charge in [0.1, 0.15) is 5.82 Å². The summed E-state index contributed by atoms with van der Waals surface area (Å²) in [7, 11) is 0. The van der Waals surface area contributed by atoms with Gasteiger partial charge in [0.2, 0.25) is 0 Å². The van der Waals surface area contributed by atoms with Gasteiger partial charge in [0.25, 0.3) is 0 Å². The zero-order valence-electron chi connectivity index (χ0n) is 8.85. The predicted molar refractivity (Wildman–Crippen MR) is 60.8 cm³/mol. The standard InChI is InChI=1S/C11H15ClFNO/c1-11(2,7-15)6-14-10-5-8(12)3-4-9(10)13/h3-5,14-15H,6-7H2,1-2H3. The minimum absolute atomic E-state index is 0.0438. The fourth-order valence-corrected chi connectivity index (χ4v) is 1.20. The van der Waals surface area contributed by atoms with Gasteiger partial charge < -0.3 is 10.4 Å². The number of benzene rings is 1. The zero-order chi connectivity index (χ0) is 11.5. The number of hydrogen-bond donors (Lipinski definition) is 2. The van der Waals surface area contributed by atoms with Gasteiger partial charge >= 0.3 is 0 Å². The molecule has 15 heavy (non-hydrogen) atoms. The maximum absolute atomic E-state index is 13.3. The number of rotatable bonds is 4. The lowest BCUT2D eigenvalue weighted by Crippen LogP contribution is -2.27. The second-order valence-corrected chi connectivity index (χ2v) is 4.74. The lowest BCUT2D eigenvalue weighted by molar-refractivity contribution is 0.170. The van der Waals surface area contributed by atoms with Crippen molar-refractivity contribution in [2.75, 3.05) is 18.5 Å². The molecule has 2 N–H and O–H groups in total. The fraction of sp³-hybridized carbons (Fsp3) is 0.455. The Balaban J connectivity index is 2.69. The summed E-state index contributed by atoms with van der Waals surface area (Å²) in [6, 6.07) is 4.35. The summed E-state index contributed by atoms with van der Waals surface area (Å²) in [5.74, 6) is -0.340. The van der Waals surface area contributed by atoms with Crippen molar-refractivity contribution in [3.05, 3.63) is 29.0 Å². The van der Waals surface area contributed by atoms with Crippen LogP contribution < -0.4 is 5.32 Å². The van der Waals surface area contributed by atoms with Gasteiger partial charge in [-0.15, -0.1) is 0 Å². The molecule has 0 heterocycles. The fourth-order valence-electron chi connectivity index (χ4n) is 1.02. The maximum atomic E-state index is 13.3. The maximum Gasteiger partial charge on any atom is 0.146 e. The highest BCUT2D eigenvalue weighted by Gasteiger charge is 2.16. The van der Waals surface area contributed by atoms with Crippen molar-refractivity contribution >= 4 is 17.3 Å². The van der Waals surface area contributed by atoms with Gasteiger partial charge in [0.05, 0.1) is 5.69 Å². The lowest BCUT2D eigenvalue weighted by Gasteiger charge is -2.22. The summed E-state index contributed by atoms with van der Waals surface area (Å²) >= 11 is 5.74. The Morgan fingerprint density at radius 2 is 2.13 bits per heavy atom. The zero-order valence-corrected chi connectivity index (χ0v) is 9.61. The van der Waals surface area contributed by atoms with Crippen LogP contribution >= 0.6 is 11.6 Å². The second kappa shape index (κ2) is 4.81. The topological polar surface area (TPSA) is 32.3 Å². The smallest absolute Gasteiger partial charge is 0.146 e. The largest absolute Gasteiger partial charge is 0.396 e. The summed E-state index contributed by atoms with van der Waals surface area (Å²) in [5.41, 5.74) is 0.0819. The molecule has 0 bridgehead atoms. The summed E-state index contributed by atoms with van der Waals surface area (Å²) in [4.78, 5) is 0. The third-order valence-electron chi connectivity index (χ3n) is 2.11. The minimum atomic E-state index is -0.340. The summed E-state index contributed by atoms with van der Waals surface area (Å²) < 4.78 is 13.3. The molecule has 84 valence electrons. The van der Waals surface area contributed by atoms with Crippen LogP contribution in [-0.2, 0) is 0 Å². The molecule has 4 heteroatoms. The van der Waals surface area contributed by atoms with E-state index in [0.29, 0.717) is 17.3 Å². The number of halogens is 2. The highest BCUT2D eigenvalue weighted by molar-refractivity contribution is 6.30. The molecule has 0 aliphatic heterocycles. The molecule has 0 unspecified atom stereocenters. The molecule has 1 aromatic rings. The molecule has 0 spiro atoms. The molecule has 0 aromatic heterocycles. The average Bonchev–Trinajstić information content (AvgIpc) is 2.20. The van der Waals surface area contributed by atoms with E-state index >= 15 is 0 Å². The van der Waals surface area contributed by atoms with Gasteiger partial charge in [0.15, 0.2) is 0 Å². The van der Waals surface area contributed by atoms with Gasteiger partial charge in [-0.3, -0.25) is 0 Å². The number of nitrogens with one attached hydrogen (secondary N) is 1. The van der Waals surface area contributed by atoms with Crippen molar-refractivity contribution in [1.82, 2.24) is 0 Å². The monoisotopic (exact) mass is 231 g/mol. The molecule has 0 saturated heterocycles. The van der Waals surface area contributed by atoms with E-state index in [1.807, 2.05) is 13.8 Å². The van der Waals surface area contributed by atoms with E-state index in [4.69, 9.17) is 16.7 Å². The van der Waals surface area contributed by atoms with Crippen LogP contribution in [0.15, 0.2) is 18.2 Å². The van der Waals surface area contributed by atoms with Crippen LogP contribution in [0.4, 0.5) is 10.1 Å². The van der Waals surface area contributed by atoms with E-state index in [-0.39, 0.29) is 17.8 Å². The van der Waals surface area contributed by atoms with E-state index in [1.54, 1.807) is 0 Å². The van der Waals surface area contributed by atoms with Crippen LogP contribution in [0.5, 0.6) is 0 Å². The number of anilines is 1. The quantitative estimate of drug-likeness (QED) is 0.835. The van der Waals surface area contributed by atoms with Crippen LogP contribution in [0.25, 0.3) is 0 Å². The Morgan fingerprint density at radius 1 is 1.47 bits per heavy atom. The first-order valence-electron chi connectivity index (χ1n) is 4.74. The molecule has 0 saturated carbocycles. The molecule has 0 radical (unpaired) electrons. The van der Waals surface area contributed by atoms with Crippen LogP contribution in [0.1, 0.15) is 13.8 Å².